The molecule has 0 aromatic carbocycles. The number of nitrogens with one attached hydrogen (secondary N) is 1. The van der Waals surface area contributed by atoms with Gasteiger partial charge in [-0.2, -0.15) is 0 Å². The molecular weight excluding hydrogens is 246 g/mol. The van der Waals surface area contributed by atoms with E-state index in [1.807, 2.05) is 0 Å². The van der Waals surface area contributed by atoms with Gasteiger partial charge in [0.05, 0.1) is 5.75 Å². The zero-order valence-corrected chi connectivity index (χ0v) is 13.0. The van der Waals surface area contributed by atoms with E-state index in [1.165, 1.54) is 57.6 Å². The molecule has 0 fully saturated rings. The molecule has 0 unspecified atom stereocenters. The van der Waals surface area contributed by atoms with E-state index in [1.54, 1.807) is 0 Å². The largest absolute Gasteiger partial charge is 0.317 e. The van der Waals surface area contributed by atoms with Crippen molar-refractivity contribution in [2.24, 2.45) is 0 Å². The Balaban J connectivity index is 3.03. The Morgan fingerprint density at radius 1 is 0.778 bits per heavy atom. The fraction of sp³-hybridized carbons (Fsp3) is 1.00. The summed E-state index contributed by atoms with van der Waals surface area (Å²) in [5, 5.41) is 3.30. The molecule has 0 saturated carbocycles. The molecule has 0 saturated heterocycles. The molecule has 0 aromatic rings. The van der Waals surface area contributed by atoms with E-state index in [0.717, 1.165) is 19.5 Å². The third-order valence-corrected chi connectivity index (χ3v) is 4.11. The van der Waals surface area contributed by atoms with Gasteiger partial charge < -0.3 is 5.32 Å². The first kappa shape index (κ1) is 17.9. The van der Waals surface area contributed by atoms with Crippen LogP contribution >= 0.6 is 0 Å². The van der Waals surface area contributed by atoms with Crippen LogP contribution in [0.15, 0.2) is 0 Å². The maximum absolute atomic E-state index is 10.9. The van der Waals surface area contributed by atoms with Crippen molar-refractivity contribution in [1.29, 1.82) is 0 Å². The lowest BCUT2D eigenvalue weighted by Crippen LogP contribution is -2.19. The Bertz CT molecular complexity index is 263. The molecular formula is C14H31NO2S. The summed E-state index contributed by atoms with van der Waals surface area (Å²) in [5.74, 6) is 0.303. The predicted octanol–water partition coefficient (Wildman–Crippen LogP) is 3.15. The van der Waals surface area contributed by atoms with Crippen LogP contribution in [0.5, 0.6) is 0 Å². The summed E-state index contributed by atoms with van der Waals surface area (Å²) in [7, 11) is -2.78. The number of hydrogen-bond acceptors (Lipinski definition) is 3. The SMILES string of the molecule is CCCCCCCCCCNCCCS(C)(=O)=O. The van der Waals surface area contributed by atoms with Gasteiger partial charge in [-0.05, 0) is 25.9 Å². The van der Waals surface area contributed by atoms with Crippen LogP contribution in [0, 0.1) is 0 Å². The first-order chi connectivity index (χ1) is 8.56. The second kappa shape index (κ2) is 12.0. The van der Waals surface area contributed by atoms with Crippen LogP contribution in [0.2, 0.25) is 0 Å². The van der Waals surface area contributed by atoms with Crippen molar-refractivity contribution in [1.82, 2.24) is 5.32 Å². The third-order valence-electron chi connectivity index (χ3n) is 3.08. The van der Waals surface area contributed by atoms with Crippen molar-refractivity contribution < 1.29 is 8.42 Å². The Hall–Kier alpha value is -0.0900. The van der Waals surface area contributed by atoms with Gasteiger partial charge in [0.2, 0.25) is 0 Å². The molecule has 4 heteroatoms. The monoisotopic (exact) mass is 277 g/mol. The van der Waals surface area contributed by atoms with Gasteiger partial charge in [-0.25, -0.2) is 8.42 Å². The highest BCUT2D eigenvalue weighted by atomic mass is 32.2. The molecule has 0 spiro atoms. The van der Waals surface area contributed by atoms with E-state index in [9.17, 15) is 8.42 Å². The minimum absolute atomic E-state index is 0.303. The van der Waals surface area contributed by atoms with Crippen LogP contribution in [-0.4, -0.2) is 33.5 Å². The average Bonchev–Trinajstić information content (AvgIpc) is 2.29. The van der Waals surface area contributed by atoms with E-state index in [-0.39, 0.29) is 0 Å². The van der Waals surface area contributed by atoms with Gasteiger partial charge in [0.15, 0.2) is 0 Å². The Morgan fingerprint density at radius 2 is 1.28 bits per heavy atom. The zero-order valence-electron chi connectivity index (χ0n) is 12.2. The summed E-state index contributed by atoms with van der Waals surface area (Å²) in [6.45, 7) is 4.09. The minimum atomic E-state index is -2.78. The first-order valence-corrected chi connectivity index (χ1v) is 9.50. The zero-order chi connectivity index (χ0) is 13.7. The summed E-state index contributed by atoms with van der Waals surface area (Å²) < 4.78 is 21.8. The summed E-state index contributed by atoms with van der Waals surface area (Å²) in [6.07, 6.45) is 12.7. The molecule has 110 valence electrons. The van der Waals surface area contributed by atoms with Gasteiger partial charge in [0.1, 0.15) is 9.84 Å². The lowest BCUT2D eigenvalue weighted by molar-refractivity contribution is 0.552. The molecule has 0 atom stereocenters. The van der Waals surface area contributed by atoms with Crippen LogP contribution in [0.3, 0.4) is 0 Å². The van der Waals surface area contributed by atoms with Crippen molar-refractivity contribution >= 4 is 9.84 Å². The number of hydrogen-bond donors (Lipinski definition) is 1. The highest BCUT2D eigenvalue weighted by Crippen LogP contribution is 2.07. The van der Waals surface area contributed by atoms with Crippen LogP contribution in [0.1, 0.15) is 64.7 Å². The predicted molar refractivity (Wildman–Crippen MR) is 79.8 cm³/mol. The average molecular weight is 277 g/mol. The van der Waals surface area contributed by atoms with Crippen molar-refractivity contribution in [3.63, 3.8) is 0 Å². The third kappa shape index (κ3) is 15.9. The van der Waals surface area contributed by atoms with E-state index < -0.39 is 9.84 Å². The second-order valence-electron chi connectivity index (χ2n) is 5.21. The van der Waals surface area contributed by atoms with Gasteiger partial charge in [-0.15, -0.1) is 0 Å². The molecule has 18 heavy (non-hydrogen) atoms. The van der Waals surface area contributed by atoms with Gasteiger partial charge in [0, 0.05) is 6.26 Å². The maximum Gasteiger partial charge on any atom is 0.147 e. The molecule has 0 bridgehead atoms. The van der Waals surface area contributed by atoms with Crippen LogP contribution < -0.4 is 5.32 Å². The normalized spacial score (nSPS) is 11.9. The Morgan fingerprint density at radius 3 is 1.83 bits per heavy atom. The molecule has 3 nitrogen and oxygen atoms in total. The Kier molecular flexibility index (Phi) is 11.9. The molecule has 0 aliphatic rings. The topological polar surface area (TPSA) is 46.2 Å². The first-order valence-electron chi connectivity index (χ1n) is 7.44. The molecule has 0 aliphatic heterocycles. The van der Waals surface area contributed by atoms with Crippen molar-refractivity contribution in [2.45, 2.75) is 64.7 Å². The van der Waals surface area contributed by atoms with Crippen molar-refractivity contribution in [2.75, 3.05) is 25.1 Å². The lowest BCUT2D eigenvalue weighted by atomic mass is 10.1. The molecule has 1 N–H and O–H groups in total. The standard InChI is InChI=1S/C14H31NO2S/c1-3-4-5-6-7-8-9-10-12-15-13-11-14-18(2,16)17/h15H,3-14H2,1-2H3. The quantitative estimate of drug-likeness (QED) is 0.526. The summed E-state index contributed by atoms with van der Waals surface area (Å²) in [4.78, 5) is 0. The van der Waals surface area contributed by atoms with Crippen molar-refractivity contribution in [3.05, 3.63) is 0 Å². The Labute approximate surface area is 114 Å². The fourth-order valence-corrected chi connectivity index (χ4v) is 2.64. The number of unbranched alkanes of at least 4 members (excludes halogenated alkanes) is 7. The summed E-state index contributed by atoms with van der Waals surface area (Å²) >= 11 is 0. The molecule has 0 radical (unpaired) electrons. The smallest absolute Gasteiger partial charge is 0.147 e. The maximum atomic E-state index is 10.9. The molecule has 0 rings (SSSR count). The molecule has 0 aromatic heterocycles. The molecule has 0 heterocycles. The van der Waals surface area contributed by atoms with Crippen molar-refractivity contribution in [3.8, 4) is 0 Å². The van der Waals surface area contributed by atoms with Crippen LogP contribution in [-0.2, 0) is 9.84 Å². The van der Waals surface area contributed by atoms with E-state index in [2.05, 4.69) is 12.2 Å². The van der Waals surface area contributed by atoms with Gasteiger partial charge in [-0.1, -0.05) is 51.9 Å². The summed E-state index contributed by atoms with van der Waals surface area (Å²) in [6, 6.07) is 0. The molecule has 0 aliphatic carbocycles. The van der Waals surface area contributed by atoms with Crippen LogP contribution in [0.4, 0.5) is 0 Å². The fourth-order valence-electron chi connectivity index (χ4n) is 1.97. The molecule has 0 amide bonds. The van der Waals surface area contributed by atoms with Crippen LogP contribution in [0.25, 0.3) is 0 Å². The van der Waals surface area contributed by atoms with Gasteiger partial charge in [0.25, 0.3) is 0 Å². The lowest BCUT2D eigenvalue weighted by Gasteiger charge is -2.04. The number of sulfone groups is 1. The highest BCUT2D eigenvalue weighted by Gasteiger charge is 2.00. The minimum Gasteiger partial charge on any atom is -0.317 e. The van der Waals surface area contributed by atoms with E-state index in [4.69, 9.17) is 0 Å². The van der Waals surface area contributed by atoms with Gasteiger partial charge >= 0.3 is 0 Å². The van der Waals surface area contributed by atoms with E-state index in [0.29, 0.717) is 5.75 Å². The summed E-state index contributed by atoms with van der Waals surface area (Å²) in [5.41, 5.74) is 0. The highest BCUT2D eigenvalue weighted by molar-refractivity contribution is 7.90. The van der Waals surface area contributed by atoms with E-state index >= 15 is 0 Å². The number of rotatable bonds is 13. The second-order valence-corrected chi connectivity index (χ2v) is 7.47. The van der Waals surface area contributed by atoms with Gasteiger partial charge in [-0.3, -0.25) is 0 Å².